The molecular weight excluding hydrogens is 377 g/mol. The second-order valence-corrected chi connectivity index (χ2v) is 6.37. The van der Waals surface area contributed by atoms with Crippen LogP contribution in [0.15, 0.2) is 54.6 Å². The molecule has 26 heavy (non-hydrogen) atoms. The first-order valence-corrected chi connectivity index (χ1v) is 8.33. The number of phenols is 1. The number of anilines is 1. The van der Waals surface area contributed by atoms with Crippen LogP contribution < -0.4 is 5.32 Å². The third kappa shape index (κ3) is 4.25. The number of hydrogen-bond donors (Lipinski definition) is 2. The lowest BCUT2D eigenvalue weighted by Crippen LogP contribution is -2.21. The number of hydrogen-bond acceptors (Lipinski definition) is 4. The summed E-state index contributed by atoms with van der Waals surface area (Å²) < 4.78 is 4.98. The van der Waals surface area contributed by atoms with E-state index < -0.39 is 18.5 Å². The Kier molecular flexibility index (Phi) is 5.30. The van der Waals surface area contributed by atoms with E-state index in [1.807, 2.05) is 18.2 Å². The van der Waals surface area contributed by atoms with Crippen LogP contribution in [0, 0.1) is 0 Å². The van der Waals surface area contributed by atoms with E-state index in [9.17, 15) is 14.7 Å². The molecule has 2 N–H and O–H groups in total. The number of halogens is 2. The average Bonchev–Trinajstić information content (AvgIpc) is 2.58. The number of nitrogens with one attached hydrogen (secondary N) is 1. The first-order valence-electron chi connectivity index (χ1n) is 7.57. The third-order valence-corrected chi connectivity index (χ3v) is 4.00. The molecule has 0 aliphatic rings. The maximum absolute atomic E-state index is 12.2. The largest absolute Gasteiger partial charge is 0.507 e. The van der Waals surface area contributed by atoms with Crippen LogP contribution in [-0.4, -0.2) is 23.6 Å². The molecule has 0 fully saturated rings. The highest BCUT2D eigenvalue weighted by Crippen LogP contribution is 2.26. The monoisotopic (exact) mass is 389 g/mol. The van der Waals surface area contributed by atoms with Crippen molar-refractivity contribution in [1.29, 1.82) is 0 Å². The van der Waals surface area contributed by atoms with Gasteiger partial charge in [0.15, 0.2) is 6.61 Å². The highest BCUT2D eigenvalue weighted by molar-refractivity contribution is 6.35. The van der Waals surface area contributed by atoms with Crippen molar-refractivity contribution in [2.24, 2.45) is 0 Å². The number of benzene rings is 3. The van der Waals surface area contributed by atoms with E-state index >= 15 is 0 Å². The van der Waals surface area contributed by atoms with E-state index in [2.05, 4.69) is 5.32 Å². The van der Waals surface area contributed by atoms with Gasteiger partial charge in [0, 0.05) is 15.7 Å². The Labute approximate surface area is 159 Å². The van der Waals surface area contributed by atoms with Gasteiger partial charge in [0.2, 0.25) is 0 Å². The highest BCUT2D eigenvalue weighted by Gasteiger charge is 2.16. The van der Waals surface area contributed by atoms with Crippen LogP contribution in [-0.2, 0) is 9.53 Å². The summed E-state index contributed by atoms with van der Waals surface area (Å²) in [4.78, 5) is 24.1. The number of rotatable bonds is 4. The predicted octanol–water partition coefficient (Wildman–Crippen LogP) is 4.65. The van der Waals surface area contributed by atoms with E-state index in [0.29, 0.717) is 15.7 Å². The lowest BCUT2D eigenvalue weighted by Gasteiger charge is -2.09. The van der Waals surface area contributed by atoms with Crippen LogP contribution in [0.2, 0.25) is 10.0 Å². The smallest absolute Gasteiger partial charge is 0.342 e. The van der Waals surface area contributed by atoms with Crippen molar-refractivity contribution in [3.05, 3.63) is 70.2 Å². The second-order valence-electron chi connectivity index (χ2n) is 5.50. The number of fused-ring (bicyclic) bond motifs is 1. The molecule has 5 nitrogen and oxygen atoms in total. The van der Waals surface area contributed by atoms with Crippen LogP contribution in [0.25, 0.3) is 10.8 Å². The van der Waals surface area contributed by atoms with E-state index in [1.165, 1.54) is 30.3 Å². The molecular formula is C19H13Cl2NO4. The van der Waals surface area contributed by atoms with Crippen molar-refractivity contribution in [1.82, 2.24) is 0 Å². The SMILES string of the molecule is O=C(COC(=O)c1cc2ccccc2cc1O)Nc1cc(Cl)cc(Cl)c1. The van der Waals surface area contributed by atoms with Crippen molar-refractivity contribution >= 4 is 51.5 Å². The van der Waals surface area contributed by atoms with Gasteiger partial charge in [-0.1, -0.05) is 47.5 Å². The summed E-state index contributed by atoms with van der Waals surface area (Å²) in [5, 5.41) is 14.8. The number of ether oxygens (including phenoxy) is 1. The van der Waals surface area contributed by atoms with Gasteiger partial charge in [-0.25, -0.2) is 4.79 Å². The molecule has 0 spiro atoms. The molecule has 3 aromatic rings. The molecule has 0 unspecified atom stereocenters. The molecule has 0 saturated carbocycles. The molecule has 0 heterocycles. The molecule has 1 amide bonds. The summed E-state index contributed by atoms with van der Waals surface area (Å²) in [6, 6.07) is 14.8. The molecule has 0 bridgehead atoms. The minimum absolute atomic E-state index is 0.0118. The van der Waals surface area contributed by atoms with E-state index in [1.54, 1.807) is 6.07 Å². The standard InChI is InChI=1S/C19H13Cl2NO4/c20-13-7-14(21)9-15(8-13)22-18(24)10-26-19(25)16-5-11-3-1-2-4-12(11)6-17(16)23/h1-9,23H,10H2,(H,22,24). The zero-order chi connectivity index (χ0) is 18.7. The maximum Gasteiger partial charge on any atom is 0.342 e. The van der Waals surface area contributed by atoms with Crippen molar-refractivity contribution in [2.45, 2.75) is 0 Å². The van der Waals surface area contributed by atoms with Gasteiger partial charge in [0.05, 0.1) is 0 Å². The molecule has 0 aromatic heterocycles. The third-order valence-electron chi connectivity index (χ3n) is 3.56. The lowest BCUT2D eigenvalue weighted by molar-refractivity contribution is -0.119. The van der Waals surface area contributed by atoms with Gasteiger partial charge in [-0.3, -0.25) is 4.79 Å². The fraction of sp³-hybridized carbons (Fsp3) is 0.0526. The summed E-state index contributed by atoms with van der Waals surface area (Å²) in [5.74, 6) is -1.57. The van der Waals surface area contributed by atoms with Gasteiger partial charge < -0.3 is 15.2 Å². The number of aromatic hydroxyl groups is 1. The number of phenolic OH excluding ortho intramolecular Hbond substituents is 1. The molecule has 3 rings (SSSR count). The fourth-order valence-electron chi connectivity index (χ4n) is 2.42. The molecule has 132 valence electrons. The number of esters is 1. The Morgan fingerprint density at radius 1 is 0.962 bits per heavy atom. The zero-order valence-corrected chi connectivity index (χ0v) is 14.8. The first-order chi connectivity index (χ1) is 12.4. The van der Waals surface area contributed by atoms with Crippen molar-refractivity contribution < 1.29 is 19.4 Å². The predicted molar refractivity (Wildman–Crippen MR) is 101 cm³/mol. The molecule has 0 atom stereocenters. The van der Waals surface area contributed by atoms with E-state index in [4.69, 9.17) is 27.9 Å². The summed E-state index contributed by atoms with van der Waals surface area (Å²) >= 11 is 11.7. The average molecular weight is 390 g/mol. The Morgan fingerprint density at radius 2 is 1.58 bits per heavy atom. The summed E-state index contributed by atoms with van der Waals surface area (Å²) in [6.45, 7) is -0.519. The minimum atomic E-state index is -0.799. The van der Waals surface area contributed by atoms with E-state index in [0.717, 1.165) is 10.8 Å². The van der Waals surface area contributed by atoms with Gasteiger partial charge in [0.25, 0.3) is 5.91 Å². The fourth-order valence-corrected chi connectivity index (χ4v) is 2.95. The molecule has 3 aromatic carbocycles. The Balaban J connectivity index is 1.66. The summed E-state index contributed by atoms with van der Waals surface area (Å²) in [7, 11) is 0. The number of carbonyl (C=O) groups excluding carboxylic acids is 2. The molecule has 0 aliphatic carbocycles. The van der Waals surface area contributed by atoms with Gasteiger partial charge in [-0.2, -0.15) is 0 Å². The van der Waals surface area contributed by atoms with Crippen molar-refractivity contribution in [3.8, 4) is 5.75 Å². The lowest BCUT2D eigenvalue weighted by atomic mass is 10.1. The minimum Gasteiger partial charge on any atom is -0.507 e. The first kappa shape index (κ1) is 18.0. The number of carbonyl (C=O) groups is 2. The molecule has 7 heteroatoms. The Hall–Kier alpha value is -2.76. The van der Waals surface area contributed by atoms with Gasteiger partial charge in [-0.15, -0.1) is 0 Å². The van der Waals surface area contributed by atoms with Gasteiger partial charge in [-0.05, 0) is 41.1 Å². The van der Waals surface area contributed by atoms with Crippen LogP contribution in [0.1, 0.15) is 10.4 Å². The van der Waals surface area contributed by atoms with Crippen LogP contribution >= 0.6 is 23.2 Å². The van der Waals surface area contributed by atoms with Crippen molar-refractivity contribution in [3.63, 3.8) is 0 Å². The molecule has 0 saturated heterocycles. The number of amides is 1. The maximum atomic E-state index is 12.2. The Morgan fingerprint density at radius 3 is 2.23 bits per heavy atom. The quantitative estimate of drug-likeness (QED) is 0.636. The normalized spacial score (nSPS) is 10.5. The summed E-state index contributed by atoms with van der Waals surface area (Å²) in [5.41, 5.74) is 0.374. The van der Waals surface area contributed by atoms with E-state index in [-0.39, 0.29) is 11.3 Å². The topological polar surface area (TPSA) is 75.6 Å². The van der Waals surface area contributed by atoms with Crippen molar-refractivity contribution in [2.75, 3.05) is 11.9 Å². The zero-order valence-electron chi connectivity index (χ0n) is 13.3. The van der Waals surface area contributed by atoms with Gasteiger partial charge in [0.1, 0.15) is 11.3 Å². The van der Waals surface area contributed by atoms with Crippen LogP contribution in [0.3, 0.4) is 0 Å². The summed E-state index contributed by atoms with van der Waals surface area (Å²) in [6.07, 6.45) is 0. The molecule has 0 radical (unpaired) electrons. The molecule has 0 aliphatic heterocycles. The van der Waals surface area contributed by atoms with Gasteiger partial charge >= 0.3 is 5.97 Å². The van der Waals surface area contributed by atoms with Crippen LogP contribution in [0.4, 0.5) is 5.69 Å². The Bertz CT molecular complexity index is 984. The second kappa shape index (κ2) is 7.64. The highest BCUT2D eigenvalue weighted by atomic mass is 35.5. The van der Waals surface area contributed by atoms with Crippen LogP contribution in [0.5, 0.6) is 5.75 Å².